The number of hydrogen-bond donors (Lipinski definition) is 0. The fraction of sp³-hybridized carbons (Fsp3) is 0.700. The van der Waals surface area contributed by atoms with Crippen molar-refractivity contribution in [1.29, 1.82) is 0 Å². The van der Waals surface area contributed by atoms with Crippen LogP contribution in [0.5, 0.6) is 0 Å². The van der Waals surface area contributed by atoms with Gasteiger partial charge in [0.1, 0.15) is 0 Å². The third-order valence-electron chi connectivity index (χ3n) is 2.07. The van der Waals surface area contributed by atoms with Gasteiger partial charge in [-0.25, -0.2) is 4.79 Å². The van der Waals surface area contributed by atoms with E-state index in [1.165, 1.54) is 0 Å². The highest BCUT2D eigenvalue weighted by molar-refractivity contribution is 6.65. The zero-order chi connectivity index (χ0) is 11.7. The van der Waals surface area contributed by atoms with E-state index in [0.717, 1.165) is 18.5 Å². The van der Waals surface area contributed by atoms with Crippen LogP contribution in [0.4, 0.5) is 0 Å². The summed E-state index contributed by atoms with van der Waals surface area (Å²) in [6.07, 6.45) is 1.92. The lowest BCUT2D eigenvalue weighted by molar-refractivity contribution is -0.137. The highest BCUT2D eigenvalue weighted by Gasteiger charge is 2.28. The number of ether oxygens (including phenoxy) is 1. The van der Waals surface area contributed by atoms with Crippen LogP contribution in [-0.4, -0.2) is 34.9 Å². The molecule has 0 heterocycles. The lowest BCUT2D eigenvalue weighted by Crippen LogP contribution is -2.37. The molecule has 1 atom stereocenters. The maximum Gasteiger partial charge on any atom is 0.334 e. The maximum absolute atomic E-state index is 10.7. The van der Waals surface area contributed by atoms with Gasteiger partial charge in [-0.1, -0.05) is 6.58 Å². The summed E-state index contributed by atoms with van der Waals surface area (Å²) in [5.74, 6) is -0.382. The molecule has 0 aliphatic carbocycles. The molecule has 0 saturated heterocycles. The van der Waals surface area contributed by atoms with Gasteiger partial charge in [0.05, 0.1) is 6.61 Å². The number of esters is 1. The molecule has 0 aliphatic rings. The Morgan fingerprint density at radius 1 is 1.53 bits per heavy atom. The first-order valence-electron chi connectivity index (χ1n) is 5.06. The fourth-order valence-corrected chi connectivity index (χ4v) is 3.03. The Balaban J connectivity index is 3.72. The van der Waals surface area contributed by atoms with Gasteiger partial charge in [0.15, 0.2) is 0 Å². The molecule has 0 saturated carbocycles. The Labute approximate surface area is 92.5 Å². The highest BCUT2D eigenvalue weighted by Crippen LogP contribution is 2.14. The Bertz CT molecular complexity index is 208. The standard InChI is InChI=1S/C10H20O4Si/c1-5-10(11)13-8-7-9-15(4,12-3)14-6-2/h5H,1,6-9H2,2-4H3/t15-/m1/s1. The summed E-state index contributed by atoms with van der Waals surface area (Å²) in [6.45, 7) is 8.32. The molecule has 0 aromatic rings. The average molecular weight is 232 g/mol. The second-order valence-electron chi connectivity index (χ2n) is 3.25. The van der Waals surface area contributed by atoms with Crippen LogP contribution in [0.25, 0.3) is 0 Å². The smallest absolute Gasteiger partial charge is 0.334 e. The van der Waals surface area contributed by atoms with Gasteiger partial charge in [0.25, 0.3) is 0 Å². The van der Waals surface area contributed by atoms with E-state index in [0.29, 0.717) is 13.2 Å². The summed E-state index contributed by atoms with van der Waals surface area (Å²) in [4.78, 5) is 10.7. The minimum absolute atomic E-state index is 0.382. The summed E-state index contributed by atoms with van der Waals surface area (Å²) in [7, 11) is -0.358. The van der Waals surface area contributed by atoms with Crippen molar-refractivity contribution in [1.82, 2.24) is 0 Å². The molecule has 0 rings (SSSR count). The van der Waals surface area contributed by atoms with Gasteiger partial charge in [0, 0.05) is 19.8 Å². The normalized spacial score (nSPS) is 14.3. The van der Waals surface area contributed by atoms with E-state index < -0.39 is 8.56 Å². The number of hydrogen-bond acceptors (Lipinski definition) is 4. The lowest BCUT2D eigenvalue weighted by Gasteiger charge is -2.24. The minimum Gasteiger partial charge on any atom is -0.463 e. The molecule has 5 heteroatoms. The Morgan fingerprint density at radius 2 is 2.20 bits per heavy atom. The van der Waals surface area contributed by atoms with Crippen LogP contribution in [0.2, 0.25) is 12.6 Å². The van der Waals surface area contributed by atoms with Crippen molar-refractivity contribution < 1.29 is 18.4 Å². The van der Waals surface area contributed by atoms with Crippen LogP contribution in [0.15, 0.2) is 12.7 Å². The van der Waals surface area contributed by atoms with Crippen LogP contribution in [0.1, 0.15) is 13.3 Å². The maximum atomic E-state index is 10.7. The quantitative estimate of drug-likeness (QED) is 0.277. The van der Waals surface area contributed by atoms with E-state index in [1.54, 1.807) is 7.11 Å². The fourth-order valence-electron chi connectivity index (χ4n) is 1.16. The van der Waals surface area contributed by atoms with Crippen LogP contribution in [-0.2, 0) is 18.4 Å². The molecular weight excluding hydrogens is 212 g/mol. The SMILES string of the molecule is C=CC(=O)OCCC[Si@](C)(OC)OCC. The van der Waals surface area contributed by atoms with Gasteiger partial charge >= 0.3 is 14.5 Å². The van der Waals surface area contributed by atoms with Crippen molar-refractivity contribution >= 4 is 14.5 Å². The van der Waals surface area contributed by atoms with Crippen molar-refractivity contribution in [2.45, 2.75) is 25.9 Å². The van der Waals surface area contributed by atoms with Crippen LogP contribution >= 0.6 is 0 Å². The molecule has 0 fully saturated rings. The van der Waals surface area contributed by atoms with Crippen molar-refractivity contribution in [2.24, 2.45) is 0 Å². The molecule has 15 heavy (non-hydrogen) atoms. The third kappa shape index (κ3) is 6.43. The molecule has 0 spiro atoms. The number of carbonyl (C=O) groups excluding carboxylic acids is 1. The zero-order valence-corrected chi connectivity index (χ0v) is 10.7. The first kappa shape index (κ1) is 14.3. The van der Waals surface area contributed by atoms with Crippen LogP contribution in [0.3, 0.4) is 0 Å². The highest BCUT2D eigenvalue weighted by atomic mass is 28.4. The van der Waals surface area contributed by atoms with E-state index in [-0.39, 0.29) is 5.97 Å². The van der Waals surface area contributed by atoms with Crippen LogP contribution in [0, 0.1) is 0 Å². The molecule has 0 bridgehead atoms. The predicted molar refractivity (Wildman–Crippen MR) is 60.8 cm³/mol. The molecule has 0 amide bonds. The number of rotatable bonds is 8. The Kier molecular flexibility index (Phi) is 7.28. The van der Waals surface area contributed by atoms with E-state index in [1.807, 2.05) is 13.5 Å². The Morgan fingerprint density at radius 3 is 2.67 bits per heavy atom. The second kappa shape index (κ2) is 7.61. The molecule has 0 aromatic carbocycles. The monoisotopic (exact) mass is 232 g/mol. The first-order chi connectivity index (χ1) is 7.08. The predicted octanol–water partition coefficient (Wildman–Crippen LogP) is 1.86. The van der Waals surface area contributed by atoms with Gasteiger partial charge in [-0.05, 0) is 25.9 Å². The molecule has 0 aliphatic heterocycles. The third-order valence-corrected chi connectivity index (χ3v) is 5.09. The van der Waals surface area contributed by atoms with E-state index in [4.69, 9.17) is 13.6 Å². The average Bonchev–Trinajstić information content (AvgIpc) is 2.24. The van der Waals surface area contributed by atoms with Crippen molar-refractivity contribution in [3.63, 3.8) is 0 Å². The summed E-state index contributed by atoms with van der Waals surface area (Å²) >= 11 is 0. The van der Waals surface area contributed by atoms with Gasteiger partial charge in [-0.2, -0.15) is 0 Å². The summed E-state index contributed by atoms with van der Waals surface area (Å²) in [5, 5.41) is 0. The molecule has 4 nitrogen and oxygen atoms in total. The second-order valence-corrected chi connectivity index (χ2v) is 6.71. The van der Waals surface area contributed by atoms with E-state index in [9.17, 15) is 4.79 Å². The summed E-state index contributed by atoms with van der Waals surface area (Å²) < 4.78 is 15.8. The summed E-state index contributed by atoms with van der Waals surface area (Å²) in [5.41, 5.74) is 0. The molecule has 0 aromatic heterocycles. The topological polar surface area (TPSA) is 44.8 Å². The molecule has 0 N–H and O–H groups in total. The van der Waals surface area contributed by atoms with Crippen LogP contribution < -0.4 is 0 Å². The lowest BCUT2D eigenvalue weighted by atomic mass is 10.5. The van der Waals surface area contributed by atoms with E-state index >= 15 is 0 Å². The molecule has 0 radical (unpaired) electrons. The van der Waals surface area contributed by atoms with Gasteiger partial charge in [-0.15, -0.1) is 0 Å². The van der Waals surface area contributed by atoms with Gasteiger partial charge in [-0.3, -0.25) is 0 Å². The molecular formula is C10H20O4Si. The molecule has 0 unspecified atom stereocenters. The first-order valence-corrected chi connectivity index (χ1v) is 7.58. The minimum atomic E-state index is -2.02. The van der Waals surface area contributed by atoms with Gasteiger partial charge in [0.2, 0.25) is 0 Å². The largest absolute Gasteiger partial charge is 0.463 e. The van der Waals surface area contributed by atoms with E-state index in [2.05, 4.69) is 6.58 Å². The number of carbonyl (C=O) groups is 1. The van der Waals surface area contributed by atoms with Gasteiger partial charge < -0.3 is 13.6 Å². The zero-order valence-electron chi connectivity index (χ0n) is 9.75. The van der Waals surface area contributed by atoms with Crippen molar-refractivity contribution in [2.75, 3.05) is 20.3 Å². The molecule has 88 valence electrons. The Hall–Kier alpha value is -0.653. The summed E-state index contributed by atoms with van der Waals surface area (Å²) in [6, 6.07) is 0.821. The van der Waals surface area contributed by atoms with Crippen molar-refractivity contribution in [3.8, 4) is 0 Å². The van der Waals surface area contributed by atoms with Crippen molar-refractivity contribution in [3.05, 3.63) is 12.7 Å².